The summed E-state index contributed by atoms with van der Waals surface area (Å²) in [5.74, 6) is 0. The molecule has 1 saturated heterocycles. The van der Waals surface area contributed by atoms with Crippen LogP contribution in [0.15, 0.2) is 152 Å². The van der Waals surface area contributed by atoms with Crippen LogP contribution in [0, 0.1) is 0 Å². The molecular weight excluding hydrogens is 527 g/mol. The maximum Gasteiger partial charge on any atom is 0.128 e. The third kappa shape index (κ3) is 4.44. The molecule has 0 saturated carbocycles. The topological polar surface area (TPSA) is 0 Å². The fraction of sp³-hybridized carbons (Fsp3) is 0.0323. The van der Waals surface area contributed by atoms with Crippen LogP contribution in [-0.2, 0) is 0 Å². The van der Waals surface area contributed by atoms with Crippen molar-refractivity contribution in [3.63, 3.8) is 0 Å². The van der Waals surface area contributed by atoms with E-state index in [2.05, 4.69) is 158 Å². The largest absolute Gasteiger partial charge is 0.128 e. The third-order valence-electron chi connectivity index (χ3n) is 6.47. The van der Waals surface area contributed by atoms with Crippen molar-refractivity contribution in [3.8, 4) is 0 Å². The summed E-state index contributed by atoms with van der Waals surface area (Å²) in [6, 6.07) is 57.9. The quantitative estimate of drug-likeness (QED) is 0.190. The minimum atomic E-state index is -1.59. The van der Waals surface area contributed by atoms with Crippen molar-refractivity contribution in [1.82, 2.24) is 0 Å². The SMILES string of the molecule is C[P+]1(c2ccccc2)P(c2ccccc2)P(c2ccccc2)P(c2ccccc2)P1c1ccccc1. The molecule has 1 aliphatic heterocycles. The van der Waals surface area contributed by atoms with Gasteiger partial charge in [0.1, 0.15) is 14.6 Å². The van der Waals surface area contributed by atoms with Gasteiger partial charge in [0, 0.05) is 25.2 Å². The maximum absolute atomic E-state index is 2.73. The molecule has 36 heavy (non-hydrogen) atoms. The smallest absolute Gasteiger partial charge is 0.0622 e. The Morgan fingerprint density at radius 2 is 0.639 bits per heavy atom. The second-order valence-corrected chi connectivity index (χ2v) is 34.6. The molecule has 5 aromatic carbocycles. The average molecular weight is 555 g/mol. The Bertz CT molecular complexity index is 1310. The van der Waals surface area contributed by atoms with Gasteiger partial charge in [0.15, 0.2) is 0 Å². The fourth-order valence-corrected chi connectivity index (χ4v) is 80.5. The second kappa shape index (κ2) is 10.9. The highest BCUT2D eigenvalue weighted by Crippen LogP contribution is 3.24. The van der Waals surface area contributed by atoms with Crippen molar-refractivity contribution in [1.29, 1.82) is 0 Å². The molecule has 5 heteroatoms. The normalized spacial score (nSPS) is 25.5. The highest BCUT2D eigenvalue weighted by molar-refractivity contribution is 9.16. The van der Waals surface area contributed by atoms with Crippen molar-refractivity contribution in [2.24, 2.45) is 0 Å². The summed E-state index contributed by atoms with van der Waals surface area (Å²) in [5, 5.41) is 7.96. The molecule has 0 spiro atoms. The van der Waals surface area contributed by atoms with E-state index in [4.69, 9.17) is 0 Å². The minimum Gasteiger partial charge on any atom is -0.0622 e. The molecule has 6 rings (SSSR count). The van der Waals surface area contributed by atoms with Gasteiger partial charge in [0.05, 0.1) is 18.6 Å². The van der Waals surface area contributed by atoms with Crippen LogP contribution in [0.3, 0.4) is 0 Å². The minimum absolute atomic E-state index is 0.386. The van der Waals surface area contributed by atoms with Gasteiger partial charge in [-0.25, -0.2) is 0 Å². The van der Waals surface area contributed by atoms with Gasteiger partial charge in [-0.05, 0) is 22.7 Å². The molecule has 0 N–H and O–H groups in total. The van der Waals surface area contributed by atoms with Gasteiger partial charge in [-0.1, -0.05) is 140 Å². The van der Waals surface area contributed by atoms with E-state index >= 15 is 0 Å². The number of benzene rings is 5. The zero-order valence-electron chi connectivity index (χ0n) is 20.2. The van der Waals surface area contributed by atoms with E-state index in [0.717, 1.165) is 0 Å². The Balaban J connectivity index is 1.71. The predicted octanol–water partition coefficient (Wildman–Crippen LogP) is 8.78. The Labute approximate surface area is 220 Å². The molecular formula is C31H28P5+. The molecule has 0 aliphatic carbocycles. The first-order chi connectivity index (χ1) is 17.8. The van der Waals surface area contributed by atoms with E-state index in [1.54, 1.807) is 26.5 Å². The van der Waals surface area contributed by atoms with E-state index in [1.807, 2.05) is 0 Å². The van der Waals surface area contributed by atoms with E-state index in [-0.39, 0.29) is 14.6 Å². The highest BCUT2D eigenvalue weighted by atomic mass is 33.0. The lowest BCUT2D eigenvalue weighted by atomic mass is 10.4. The van der Waals surface area contributed by atoms with Crippen molar-refractivity contribution < 1.29 is 0 Å². The molecule has 0 bridgehead atoms. The molecule has 4 unspecified atom stereocenters. The van der Waals surface area contributed by atoms with Gasteiger partial charge in [0.2, 0.25) is 0 Å². The van der Waals surface area contributed by atoms with Crippen LogP contribution in [0.25, 0.3) is 0 Å². The van der Waals surface area contributed by atoms with Crippen molar-refractivity contribution in [2.45, 2.75) is 0 Å². The van der Waals surface area contributed by atoms with Gasteiger partial charge in [0.25, 0.3) is 0 Å². The molecule has 4 atom stereocenters. The van der Waals surface area contributed by atoms with Crippen LogP contribution >= 0.6 is 35.8 Å². The van der Waals surface area contributed by atoms with Gasteiger partial charge in [-0.15, -0.1) is 0 Å². The lowest BCUT2D eigenvalue weighted by Crippen LogP contribution is -2.13. The van der Waals surface area contributed by atoms with E-state index in [0.29, 0.717) is 0 Å². The summed E-state index contributed by atoms with van der Waals surface area (Å²) in [7, 11) is -1.56. The Kier molecular flexibility index (Phi) is 7.46. The molecule has 176 valence electrons. The molecule has 1 aliphatic rings. The van der Waals surface area contributed by atoms with Gasteiger partial charge in [-0.3, -0.25) is 0 Å². The Morgan fingerprint density at radius 3 is 0.972 bits per heavy atom. The zero-order chi connectivity index (χ0) is 24.4. The molecule has 0 nitrogen and oxygen atoms in total. The zero-order valence-corrected chi connectivity index (χ0v) is 24.6. The summed E-state index contributed by atoms with van der Waals surface area (Å²) in [5.41, 5.74) is 0. The van der Waals surface area contributed by atoms with Gasteiger partial charge in [-0.2, -0.15) is 0 Å². The highest BCUT2D eigenvalue weighted by Gasteiger charge is 2.67. The maximum atomic E-state index is 2.73. The van der Waals surface area contributed by atoms with Crippen LogP contribution in [0.5, 0.6) is 0 Å². The molecule has 1 fully saturated rings. The Hall–Kier alpha value is -1.75. The molecule has 5 aromatic rings. The van der Waals surface area contributed by atoms with Crippen LogP contribution in [-0.4, -0.2) is 6.66 Å². The van der Waals surface area contributed by atoms with Crippen molar-refractivity contribution >= 4 is 62.4 Å². The van der Waals surface area contributed by atoms with Crippen LogP contribution in [0.1, 0.15) is 0 Å². The number of hydrogen-bond acceptors (Lipinski definition) is 0. The molecule has 0 amide bonds. The first-order valence-corrected chi connectivity index (χ1v) is 23.2. The number of hydrogen-bond donors (Lipinski definition) is 0. The van der Waals surface area contributed by atoms with Crippen LogP contribution in [0.2, 0.25) is 0 Å². The summed E-state index contributed by atoms with van der Waals surface area (Å²) in [6.07, 6.45) is 0. The van der Waals surface area contributed by atoms with E-state index in [1.165, 1.54) is 0 Å². The van der Waals surface area contributed by atoms with Crippen molar-refractivity contribution in [2.75, 3.05) is 6.66 Å². The monoisotopic (exact) mass is 555 g/mol. The van der Waals surface area contributed by atoms with Crippen molar-refractivity contribution in [3.05, 3.63) is 152 Å². The summed E-state index contributed by atoms with van der Waals surface area (Å²) in [4.78, 5) is 0. The molecule has 0 radical (unpaired) electrons. The standard InChI is InChI=1S/C31H28P5/c1-36(31-25-15-6-16-26-31)34(29-21-11-4-12-22-29)32(27-17-7-2-8-18-27)33(28-19-9-3-10-20-28)35(36)30-23-13-5-14-24-30/h2-26H,1H3/q+1. The number of rotatable bonds is 5. The third-order valence-corrected chi connectivity index (χ3v) is 53.6. The second-order valence-electron chi connectivity index (χ2n) is 8.75. The van der Waals surface area contributed by atoms with Crippen LogP contribution < -0.4 is 26.5 Å². The summed E-state index contributed by atoms with van der Waals surface area (Å²) < 4.78 is 0. The van der Waals surface area contributed by atoms with E-state index in [9.17, 15) is 0 Å². The lowest BCUT2D eigenvalue weighted by molar-refractivity contribution is 1.77. The predicted molar refractivity (Wildman–Crippen MR) is 171 cm³/mol. The lowest BCUT2D eigenvalue weighted by Gasteiger charge is -2.30. The Morgan fingerprint density at radius 1 is 0.361 bits per heavy atom. The fourth-order valence-electron chi connectivity index (χ4n) is 4.85. The first-order valence-electron chi connectivity index (χ1n) is 12.1. The summed E-state index contributed by atoms with van der Waals surface area (Å²) >= 11 is 0. The average Bonchev–Trinajstić information content (AvgIpc) is 3.25. The van der Waals surface area contributed by atoms with E-state index < -0.39 is 21.2 Å². The van der Waals surface area contributed by atoms with Gasteiger partial charge < -0.3 is 0 Å². The molecule has 1 heterocycles. The van der Waals surface area contributed by atoms with Crippen LogP contribution in [0.4, 0.5) is 0 Å². The van der Waals surface area contributed by atoms with Gasteiger partial charge >= 0.3 is 0 Å². The first kappa shape index (κ1) is 24.6. The summed E-state index contributed by atoms with van der Waals surface area (Å²) in [6.45, 7) is 1.13. The molecule has 0 aromatic heterocycles.